The molecule has 188 valence electrons. The molecule has 3 atom stereocenters. The zero-order valence-electron chi connectivity index (χ0n) is 21.5. The Morgan fingerprint density at radius 2 is 1.10 bits per heavy atom. The van der Waals surface area contributed by atoms with E-state index in [4.69, 9.17) is 14.2 Å². The molecule has 0 saturated heterocycles. The topological polar surface area (TPSA) is 47.9 Å². The third-order valence-electron chi connectivity index (χ3n) is 5.92. The largest absolute Gasteiger partial charge is 0.391 e. The summed E-state index contributed by atoms with van der Waals surface area (Å²) < 4.78 is 17.5. The molecule has 0 rings (SSSR count). The van der Waals surface area contributed by atoms with E-state index >= 15 is 0 Å². The Bertz CT molecular complexity index is 337. The molecule has 0 aliphatic rings. The van der Waals surface area contributed by atoms with Crippen LogP contribution in [0.4, 0.5) is 0 Å². The Balaban J connectivity index is 4.05. The lowest BCUT2D eigenvalue weighted by Crippen LogP contribution is -2.28. The Morgan fingerprint density at radius 1 is 0.581 bits per heavy atom. The first-order valence-corrected chi connectivity index (χ1v) is 13.6. The summed E-state index contributed by atoms with van der Waals surface area (Å²) in [6, 6.07) is 0. The van der Waals surface area contributed by atoms with Gasteiger partial charge in [0.1, 0.15) is 0 Å². The predicted octanol–water partition coefficient (Wildman–Crippen LogP) is 7.46. The molecule has 0 aromatic rings. The predicted molar refractivity (Wildman–Crippen MR) is 133 cm³/mol. The van der Waals surface area contributed by atoms with Crippen LogP contribution in [0.3, 0.4) is 0 Å². The van der Waals surface area contributed by atoms with Crippen molar-refractivity contribution in [2.45, 2.75) is 149 Å². The first-order valence-electron chi connectivity index (χ1n) is 13.6. The fraction of sp³-hybridized carbons (Fsp3) is 1.00. The van der Waals surface area contributed by atoms with Gasteiger partial charge in [0.15, 0.2) is 0 Å². The van der Waals surface area contributed by atoms with E-state index < -0.39 is 0 Å². The highest BCUT2D eigenvalue weighted by atomic mass is 16.6. The van der Waals surface area contributed by atoms with E-state index in [9.17, 15) is 5.11 Å². The van der Waals surface area contributed by atoms with Gasteiger partial charge in [-0.3, -0.25) is 0 Å². The van der Waals surface area contributed by atoms with Crippen molar-refractivity contribution in [1.82, 2.24) is 0 Å². The molecule has 31 heavy (non-hydrogen) atoms. The Morgan fingerprint density at radius 3 is 1.65 bits per heavy atom. The number of hydrogen-bond donors (Lipinski definition) is 1. The van der Waals surface area contributed by atoms with E-state index in [0.717, 1.165) is 25.9 Å². The third-order valence-corrected chi connectivity index (χ3v) is 5.92. The second kappa shape index (κ2) is 24.5. The lowest BCUT2D eigenvalue weighted by atomic mass is 10.1. The Labute approximate surface area is 194 Å². The highest BCUT2D eigenvalue weighted by molar-refractivity contribution is 4.63. The number of unbranched alkanes of at least 4 members (excludes halogenated alkanes) is 12. The van der Waals surface area contributed by atoms with Gasteiger partial charge in [-0.05, 0) is 26.7 Å². The summed E-state index contributed by atoms with van der Waals surface area (Å²) in [6.45, 7) is 10.9. The molecule has 4 nitrogen and oxygen atoms in total. The molecule has 0 aliphatic carbocycles. The number of hydrogen-bond acceptors (Lipinski definition) is 4. The van der Waals surface area contributed by atoms with E-state index in [1.54, 1.807) is 0 Å². The summed E-state index contributed by atoms with van der Waals surface area (Å²) in [6.07, 6.45) is 19.7. The van der Waals surface area contributed by atoms with Crippen LogP contribution in [0.25, 0.3) is 0 Å². The van der Waals surface area contributed by atoms with E-state index in [2.05, 4.69) is 20.8 Å². The molecule has 0 saturated carbocycles. The van der Waals surface area contributed by atoms with Crippen LogP contribution in [0.15, 0.2) is 0 Å². The normalized spacial score (nSPS) is 14.6. The molecule has 3 unspecified atom stereocenters. The standard InChI is InChI=1S/C27H56O4/c1-5-8-10-12-14-16-18-20-26(28)23-31-27(24-30-25(4)22-29-7-3)21-19-17-15-13-11-9-6-2/h25-28H,5-24H2,1-4H3. The van der Waals surface area contributed by atoms with Gasteiger partial charge in [0.25, 0.3) is 0 Å². The van der Waals surface area contributed by atoms with Crippen molar-refractivity contribution < 1.29 is 19.3 Å². The van der Waals surface area contributed by atoms with Crippen LogP contribution < -0.4 is 0 Å². The van der Waals surface area contributed by atoms with Crippen LogP contribution in [0.2, 0.25) is 0 Å². The fourth-order valence-electron chi connectivity index (χ4n) is 3.81. The summed E-state index contributed by atoms with van der Waals surface area (Å²) in [7, 11) is 0. The molecular formula is C27H56O4. The van der Waals surface area contributed by atoms with Gasteiger partial charge in [0.2, 0.25) is 0 Å². The van der Waals surface area contributed by atoms with E-state index in [0.29, 0.717) is 19.8 Å². The molecule has 0 aromatic heterocycles. The van der Waals surface area contributed by atoms with E-state index in [1.165, 1.54) is 83.5 Å². The number of aliphatic hydroxyl groups is 1. The molecule has 0 heterocycles. The monoisotopic (exact) mass is 444 g/mol. The molecule has 0 radical (unpaired) electrons. The number of rotatable bonds is 25. The minimum Gasteiger partial charge on any atom is -0.391 e. The molecule has 0 aromatic carbocycles. The van der Waals surface area contributed by atoms with Crippen LogP contribution >= 0.6 is 0 Å². The lowest BCUT2D eigenvalue weighted by molar-refractivity contribution is -0.0811. The van der Waals surface area contributed by atoms with Gasteiger partial charge >= 0.3 is 0 Å². The smallest absolute Gasteiger partial charge is 0.0810 e. The first-order chi connectivity index (χ1) is 15.1. The molecule has 4 heteroatoms. The highest BCUT2D eigenvalue weighted by Gasteiger charge is 2.14. The summed E-state index contributed by atoms with van der Waals surface area (Å²) in [4.78, 5) is 0. The second-order valence-corrected chi connectivity index (χ2v) is 9.23. The van der Waals surface area contributed by atoms with Gasteiger partial charge in [-0.1, -0.05) is 104 Å². The summed E-state index contributed by atoms with van der Waals surface area (Å²) in [5.41, 5.74) is 0. The zero-order chi connectivity index (χ0) is 23.0. The SMILES string of the molecule is CCCCCCCCCC(O)COC(CCCCCCCCC)COC(C)COCC. The summed E-state index contributed by atoms with van der Waals surface area (Å²) in [5.74, 6) is 0. The van der Waals surface area contributed by atoms with Crippen LogP contribution in [-0.2, 0) is 14.2 Å². The average Bonchev–Trinajstić information content (AvgIpc) is 2.77. The molecule has 0 aliphatic heterocycles. The van der Waals surface area contributed by atoms with Crippen molar-refractivity contribution in [2.75, 3.05) is 26.4 Å². The van der Waals surface area contributed by atoms with Crippen molar-refractivity contribution in [3.05, 3.63) is 0 Å². The zero-order valence-corrected chi connectivity index (χ0v) is 21.5. The molecule has 0 spiro atoms. The maximum absolute atomic E-state index is 10.3. The molecular weight excluding hydrogens is 388 g/mol. The van der Waals surface area contributed by atoms with Crippen LogP contribution in [0, 0.1) is 0 Å². The fourth-order valence-corrected chi connectivity index (χ4v) is 3.81. The second-order valence-electron chi connectivity index (χ2n) is 9.23. The van der Waals surface area contributed by atoms with Crippen molar-refractivity contribution >= 4 is 0 Å². The summed E-state index contributed by atoms with van der Waals surface area (Å²) in [5, 5.41) is 10.3. The van der Waals surface area contributed by atoms with Crippen LogP contribution in [0.5, 0.6) is 0 Å². The van der Waals surface area contributed by atoms with E-state index in [-0.39, 0.29) is 18.3 Å². The average molecular weight is 445 g/mol. The Kier molecular flexibility index (Phi) is 24.4. The van der Waals surface area contributed by atoms with Crippen molar-refractivity contribution in [1.29, 1.82) is 0 Å². The molecule has 1 N–H and O–H groups in total. The molecule has 0 amide bonds. The highest BCUT2D eigenvalue weighted by Crippen LogP contribution is 2.14. The Hall–Kier alpha value is -0.160. The van der Waals surface area contributed by atoms with Crippen molar-refractivity contribution in [3.8, 4) is 0 Å². The molecule has 0 fully saturated rings. The van der Waals surface area contributed by atoms with Crippen molar-refractivity contribution in [2.24, 2.45) is 0 Å². The van der Waals surface area contributed by atoms with Gasteiger partial charge in [-0.15, -0.1) is 0 Å². The van der Waals surface area contributed by atoms with Crippen molar-refractivity contribution in [3.63, 3.8) is 0 Å². The number of ether oxygens (including phenoxy) is 3. The quantitative estimate of drug-likeness (QED) is 0.148. The van der Waals surface area contributed by atoms with Gasteiger partial charge < -0.3 is 19.3 Å². The third kappa shape index (κ3) is 22.8. The first kappa shape index (κ1) is 30.8. The van der Waals surface area contributed by atoms with Gasteiger partial charge in [0.05, 0.1) is 38.1 Å². The van der Waals surface area contributed by atoms with Gasteiger partial charge in [-0.2, -0.15) is 0 Å². The lowest BCUT2D eigenvalue weighted by Gasteiger charge is -2.22. The maximum Gasteiger partial charge on any atom is 0.0810 e. The number of aliphatic hydroxyl groups excluding tert-OH is 1. The minimum atomic E-state index is -0.354. The molecule has 0 bridgehead atoms. The van der Waals surface area contributed by atoms with Gasteiger partial charge in [0, 0.05) is 6.61 Å². The minimum absolute atomic E-state index is 0.0726. The van der Waals surface area contributed by atoms with Gasteiger partial charge in [-0.25, -0.2) is 0 Å². The summed E-state index contributed by atoms with van der Waals surface area (Å²) >= 11 is 0. The van der Waals surface area contributed by atoms with Crippen LogP contribution in [-0.4, -0.2) is 49.8 Å². The van der Waals surface area contributed by atoms with E-state index in [1.807, 2.05) is 6.92 Å². The van der Waals surface area contributed by atoms with Crippen LogP contribution in [0.1, 0.15) is 130 Å². The maximum atomic E-state index is 10.3.